The van der Waals surface area contributed by atoms with E-state index in [2.05, 4.69) is 48.9 Å². The number of nitrogens with zero attached hydrogens (tertiary/aromatic N) is 3. The third-order valence-electron chi connectivity index (χ3n) is 4.81. The molecule has 1 saturated heterocycles. The van der Waals surface area contributed by atoms with Gasteiger partial charge < -0.3 is 4.74 Å². The Bertz CT molecular complexity index is 686. The lowest BCUT2D eigenvalue weighted by atomic mass is 9.99. The van der Waals surface area contributed by atoms with E-state index in [1.807, 2.05) is 18.3 Å². The molecule has 0 bridgehead atoms. The SMILES string of the molecule is Cc1ccccc1OC[C@@H]1CCCN(Cc2ccnc(C(C)C)n2)C1. The minimum atomic E-state index is 0.372. The van der Waals surface area contributed by atoms with Gasteiger partial charge >= 0.3 is 0 Å². The van der Waals surface area contributed by atoms with Gasteiger partial charge in [0, 0.05) is 31.1 Å². The maximum Gasteiger partial charge on any atom is 0.131 e. The molecule has 4 heteroatoms. The van der Waals surface area contributed by atoms with Crippen LogP contribution in [0, 0.1) is 12.8 Å². The third kappa shape index (κ3) is 5.02. The van der Waals surface area contributed by atoms with Gasteiger partial charge in [-0.1, -0.05) is 32.0 Å². The molecule has 1 fully saturated rings. The molecule has 0 radical (unpaired) electrons. The van der Waals surface area contributed by atoms with Crippen molar-refractivity contribution in [1.82, 2.24) is 14.9 Å². The fourth-order valence-electron chi connectivity index (χ4n) is 3.37. The summed E-state index contributed by atoms with van der Waals surface area (Å²) in [7, 11) is 0. The van der Waals surface area contributed by atoms with Crippen molar-refractivity contribution in [2.24, 2.45) is 5.92 Å². The Labute approximate surface area is 151 Å². The lowest BCUT2D eigenvalue weighted by Crippen LogP contribution is -2.37. The molecule has 134 valence electrons. The van der Waals surface area contributed by atoms with Gasteiger partial charge in [0.05, 0.1) is 12.3 Å². The zero-order valence-electron chi connectivity index (χ0n) is 15.6. The number of aromatic nitrogens is 2. The van der Waals surface area contributed by atoms with Gasteiger partial charge in [-0.25, -0.2) is 9.97 Å². The van der Waals surface area contributed by atoms with Crippen molar-refractivity contribution >= 4 is 0 Å². The Morgan fingerprint density at radius 2 is 2.08 bits per heavy atom. The fourth-order valence-corrected chi connectivity index (χ4v) is 3.37. The molecule has 0 aliphatic carbocycles. The van der Waals surface area contributed by atoms with Gasteiger partial charge in [-0.15, -0.1) is 0 Å². The van der Waals surface area contributed by atoms with Crippen LogP contribution in [0.15, 0.2) is 36.5 Å². The predicted octanol–water partition coefficient (Wildman–Crippen LogP) is 4.20. The lowest BCUT2D eigenvalue weighted by molar-refractivity contribution is 0.123. The number of hydrogen-bond acceptors (Lipinski definition) is 4. The van der Waals surface area contributed by atoms with Crippen molar-refractivity contribution in [1.29, 1.82) is 0 Å². The Kier molecular flexibility index (Phi) is 6.03. The second-order valence-corrected chi connectivity index (χ2v) is 7.38. The number of likely N-dealkylation sites (tertiary alicyclic amines) is 1. The summed E-state index contributed by atoms with van der Waals surface area (Å²) in [5.41, 5.74) is 2.33. The monoisotopic (exact) mass is 339 g/mol. The molecular formula is C21H29N3O. The van der Waals surface area contributed by atoms with Crippen molar-refractivity contribution in [3.8, 4) is 5.75 Å². The summed E-state index contributed by atoms with van der Waals surface area (Å²) in [6.45, 7) is 10.3. The molecule has 1 aromatic carbocycles. The summed E-state index contributed by atoms with van der Waals surface area (Å²) in [5, 5.41) is 0. The van der Waals surface area contributed by atoms with Crippen LogP contribution in [0.1, 0.15) is 49.7 Å². The molecule has 0 N–H and O–H groups in total. The molecule has 2 aromatic rings. The molecule has 25 heavy (non-hydrogen) atoms. The van der Waals surface area contributed by atoms with Crippen molar-refractivity contribution in [2.45, 2.75) is 46.1 Å². The Morgan fingerprint density at radius 3 is 2.88 bits per heavy atom. The first-order valence-electron chi connectivity index (χ1n) is 9.34. The van der Waals surface area contributed by atoms with Crippen LogP contribution in [0.25, 0.3) is 0 Å². The zero-order valence-corrected chi connectivity index (χ0v) is 15.6. The van der Waals surface area contributed by atoms with E-state index >= 15 is 0 Å². The smallest absolute Gasteiger partial charge is 0.131 e. The van der Waals surface area contributed by atoms with E-state index in [9.17, 15) is 0 Å². The van der Waals surface area contributed by atoms with Crippen LogP contribution >= 0.6 is 0 Å². The van der Waals surface area contributed by atoms with Crippen LogP contribution in [0.4, 0.5) is 0 Å². The number of aryl methyl sites for hydroxylation is 1. The van der Waals surface area contributed by atoms with Crippen LogP contribution in [0.3, 0.4) is 0 Å². The van der Waals surface area contributed by atoms with Crippen LogP contribution in [-0.2, 0) is 6.54 Å². The molecule has 4 nitrogen and oxygen atoms in total. The highest BCUT2D eigenvalue weighted by atomic mass is 16.5. The molecule has 3 rings (SSSR count). The number of hydrogen-bond donors (Lipinski definition) is 0. The van der Waals surface area contributed by atoms with Gasteiger partial charge in [-0.3, -0.25) is 4.90 Å². The molecular weight excluding hydrogens is 310 g/mol. The molecule has 1 atom stereocenters. The molecule has 0 unspecified atom stereocenters. The summed E-state index contributed by atoms with van der Waals surface area (Å²) in [6.07, 6.45) is 4.35. The highest BCUT2D eigenvalue weighted by Crippen LogP contribution is 2.22. The largest absolute Gasteiger partial charge is 0.493 e. The average Bonchev–Trinajstić information content (AvgIpc) is 2.61. The number of ether oxygens (including phenoxy) is 1. The molecule has 1 aliphatic rings. The maximum atomic E-state index is 6.07. The van der Waals surface area contributed by atoms with Crippen molar-refractivity contribution in [3.05, 3.63) is 53.6 Å². The van der Waals surface area contributed by atoms with E-state index in [4.69, 9.17) is 9.72 Å². The second-order valence-electron chi connectivity index (χ2n) is 7.38. The number of rotatable bonds is 6. The summed E-state index contributed by atoms with van der Waals surface area (Å²) in [6, 6.07) is 10.3. The van der Waals surface area contributed by atoms with E-state index in [0.717, 1.165) is 43.5 Å². The third-order valence-corrected chi connectivity index (χ3v) is 4.81. The van der Waals surface area contributed by atoms with E-state index < -0.39 is 0 Å². The summed E-state index contributed by atoms with van der Waals surface area (Å²) < 4.78 is 6.07. The first-order chi connectivity index (χ1) is 12.1. The van der Waals surface area contributed by atoms with Crippen LogP contribution in [0.2, 0.25) is 0 Å². The van der Waals surface area contributed by atoms with Gasteiger partial charge in [0.15, 0.2) is 0 Å². The van der Waals surface area contributed by atoms with Crippen LogP contribution in [0.5, 0.6) is 5.75 Å². The van der Waals surface area contributed by atoms with Gasteiger partial charge in [-0.05, 0) is 44.0 Å². The molecule has 0 saturated carbocycles. The molecule has 0 spiro atoms. The Balaban J connectivity index is 1.54. The highest BCUT2D eigenvalue weighted by molar-refractivity contribution is 5.31. The predicted molar refractivity (Wildman–Crippen MR) is 101 cm³/mol. The van der Waals surface area contributed by atoms with Gasteiger partial charge in [0.2, 0.25) is 0 Å². The van der Waals surface area contributed by atoms with E-state index in [0.29, 0.717) is 11.8 Å². The standard InChI is InChI=1S/C21H29N3O/c1-16(2)21-22-11-10-19(23-21)14-24-12-6-8-18(13-24)15-25-20-9-5-4-7-17(20)3/h4-5,7,9-11,16,18H,6,8,12-15H2,1-3H3/t18-/m1/s1. The normalized spacial score (nSPS) is 18.5. The molecule has 1 aliphatic heterocycles. The Morgan fingerprint density at radius 1 is 1.24 bits per heavy atom. The lowest BCUT2D eigenvalue weighted by Gasteiger charge is -2.32. The minimum Gasteiger partial charge on any atom is -0.493 e. The molecule has 1 aromatic heterocycles. The fraction of sp³-hybridized carbons (Fsp3) is 0.524. The van der Waals surface area contributed by atoms with Gasteiger partial charge in [0.1, 0.15) is 11.6 Å². The summed E-state index contributed by atoms with van der Waals surface area (Å²) in [4.78, 5) is 11.6. The quantitative estimate of drug-likeness (QED) is 0.790. The zero-order chi connectivity index (χ0) is 17.6. The van der Waals surface area contributed by atoms with E-state index in [1.165, 1.54) is 18.4 Å². The van der Waals surface area contributed by atoms with E-state index in [-0.39, 0.29) is 0 Å². The number of benzene rings is 1. The van der Waals surface area contributed by atoms with Gasteiger partial charge in [0.25, 0.3) is 0 Å². The van der Waals surface area contributed by atoms with Crippen LogP contribution in [-0.4, -0.2) is 34.6 Å². The van der Waals surface area contributed by atoms with Crippen molar-refractivity contribution < 1.29 is 4.74 Å². The highest BCUT2D eigenvalue weighted by Gasteiger charge is 2.21. The average molecular weight is 339 g/mol. The number of piperidine rings is 1. The van der Waals surface area contributed by atoms with Crippen LogP contribution < -0.4 is 4.74 Å². The molecule has 2 heterocycles. The first-order valence-corrected chi connectivity index (χ1v) is 9.34. The van der Waals surface area contributed by atoms with E-state index in [1.54, 1.807) is 0 Å². The summed E-state index contributed by atoms with van der Waals surface area (Å²) in [5.74, 6) is 2.90. The molecule has 0 amide bonds. The topological polar surface area (TPSA) is 38.2 Å². The Hall–Kier alpha value is -1.94. The van der Waals surface area contributed by atoms with Crippen molar-refractivity contribution in [3.63, 3.8) is 0 Å². The maximum absolute atomic E-state index is 6.07. The minimum absolute atomic E-state index is 0.372. The van der Waals surface area contributed by atoms with Gasteiger partial charge in [-0.2, -0.15) is 0 Å². The number of para-hydroxylation sites is 1. The summed E-state index contributed by atoms with van der Waals surface area (Å²) >= 11 is 0. The van der Waals surface area contributed by atoms with Crippen molar-refractivity contribution in [2.75, 3.05) is 19.7 Å². The second kappa shape index (κ2) is 8.43. The first kappa shape index (κ1) is 17.9.